The van der Waals surface area contributed by atoms with Gasteiger partial charge in [-0.15, -0.1) is 11.6 Å². The number of alkyl halides is 1. The molecule has 2 rings (SSSR count). The van der Waals surface area contributed by atoms with Crippen molar-refractivity contribution < 1.29 is 14.1 Å². The van der Waals surface area contributed by atoms with Gasteiger partial charge in [-0.1, -0.05) is 11.6 Å². The second-order valence-corrected chi connectivity index (χ2v) is 4.18. The van der Waals surface area contributed by atoms with Crippen molar-refractivity contribution in [2.24, 2.45) is 0 Å². The fourth-order valence-corrected chi connectivity index (χ4v) is 1.90. The molecule has 1 aromatic heterocycles. The zero-order valence-corrected chi connectivity index (χ0v) is 11.2. The highest BCUT2D eigenvalue weighted by Gasteiger charge is 2.19. The standard InChI is InChI=1S/C11H6Cl2FN3O3/c12-4-7-10(13)15-5-16-11(7)20-9-2-1-6(14)3-8(9)17(18)19/h1-3,5H,4H2. The summed E-state index contributed by atoms with van der Waals surface area (Å²) in [6, 6.07) is 2.91. The molecule has 0 saturated heterocycles. The summed E-state index contributed by atoms with van der Waals surface area (Å²) in [6.07, 6.45) is 1.13. The molecule has 0 bridgehead atoms. The van der Waals surface area contributed by atoms with Crippen molar-refractivity contribution in [2.75, 3.05) is 0 Å². The van der Waals surface area contributed by atoms with Gasteiger partial charge >= 0.3 is 5.69 Å². The highest BCUT2D eigenvalue weighted by molar-refractivity contribution is 6.31. The average Bonchev–Trinajstić information content (AvgIpc) is 2.41. The van der Waals surface area contributed by atoms with Crippen molar-refractivity contribution in [1.82, 2.24) is 9.97 Å². The zero-order valence-electron chi connectivity index (χ0n) is 9.72. The summed E-state index contributed by atoms with van der Waals surface area (Å²) >= 11 is 11.5. The van der Waals surface area contributed by atoms with Crippen LogP contribution < -0.4 is 4.74 Å². The topological polar surface area (TPSA) is 78.2 Å². The molecule has 20 heavy (non-hydrogen) atoms. The van der Waals surface area contributed by atoms with Gasteiger partial charge in [0.2, 0.25) is 11.6 Å². The molecule has 0 aliphatic heterocycles. The van der Waals surface area contributed by atoms with Gasteiger partial charge in [-0.05, 0) is 12.1 Å². The van der Waals surface area contributed by atoms with Gasteiger partial charge in [0.05, 0.1) is 22.4 Å². The Morgan fingerprint density at radius 1 is 1.40 bits per heavy atom. The first kappa shape index (κ1) is 14.4. The van der Waals surface area contributed by atoms with Crippen LogP contribution in [-0.2, 0) is 5.88 Å². The van der Waals surface area contributed by atoms with Crippen molar-refractivity contribution >= 4 is 28.9 Å². The third-order valence-electron chi connectivity index (χ3n) is 2.31. The predicted octanol–water partition coefficient (Wildman–Crippen LogP) is 3.71. The first-order valence-electron chi connectivity index (χ1n) is 5.20. The van der Waals surface area contributed by atoms with Crippen LogP contribution in [0.25, 0.3) is 0 Å². The van der Waals surface area contributed by atoms with Gasteiger partial charge in [-0.3, -0.25) is 10.1 Å². The van der Waals surface area contributed by atoms with Gasteiger partial charge in [0.15, 0.2) is 0 Å². The fraction of sp³-hybridized carbons (Fsp3) is 0.0909. The number of hydrogen-bond donors (Lipinski definition) is 0. The number of nitrogens with zero attached hydrogens (tertiary/aromatic N) is 3. The fourth-order valence-electron chi connectivity index (χ4n) is 1.40. The first-order valence-corrected chi connectivity index (χ1v) is 6.11. The van der Waals surface area contributed by atoms with E-state index >= 15 is 0 Å². The van der Waals surface area contributed by atoms with Crippen molar-refractivity contribution in [3.05, 3.63) is 51.2 Å². The van der Waals surface area contributed by atoms with Crippen LogP contribution in [0.3, 0.4) is 0 Å². The largest absolute Gasteiger partial charge is 0.431 e. The van der Waals surface area contributed by atoms with Crippen LogP contribution in [0.2, 0.25) is 5.15 Å². The van der Waals surface area contributed by atoms with Crippen LogP contribution in [0.5, 0.6) is 11.6 Å². The summed E-state index contributed by atoms with van der Waals surface area (Å²) in [6.45, 7) is 0. The highest BCUT2D eigenvalue weighted by Crippen LogP contribution is 2.34. The molecule has 0 saturated carbocycles. The monoisotopic (exact) mass is 317 g/mol. The number of benzene rings is 1. The van der Waals surface area contributed by atoms with Crippen molar-refractivity contribution in [1.29, 1.82) is 0 Å². The number of aromatic nitrogens is 2. The average molecular weight is 318 g/mol. The molecule has 0 spiro atoms. The van der Waals surface area contributed by atoms with E-state index in [-0.39, 0.29) is 28.2 Å². The Labute approximate surface area is 122 Å². The molecule has 0 aliphatic carbocycles. The highest BCUT2D eigenvalue weighted by atomic mass is 35.5. The van der Waals surface area contributed by atoms with Crippen LogP contribution >= 0.6 is 23.2 Å². The molecule has 0 amide bonds. The third-order valence-corrected chi connectivity index (χ3v) is 2.90. The van der Waals surface area contributed by atoms with Gasteiger partial charge in [0, 0.05) is 0 Å². The summed E-state index contributed by atoms with van der Waals surface area (Å²) in [7, 11) is 0. The van der Waals surface area contributed by atoms with E-state index in [0.717, 1.165) is 24.5 Å². The lowest BCUT2D eigenvalue weighted by Crippen LogP contribution is -1.99. The summed E-state index contributed by atoms with van der Waals surface area (Å²) in [5, 5.41) is 10.9. The lowest BCUT2D eigenvalue weighted by atomic mass is 10.3. The molecular formula is C11H6Cl2FN3O3. The smallest absolute Gasteiger partial charge is 0.314 e. The molecule has 6 nitrogen and oxygen atoms in total. The van der Waals surface area contributed by atoms with Gasteiger partial charge in [0.1, 0.15) is 17.3 Å². The Kier molecular flexibility index (Phi) is 4.31. The normalized spacial score (nSPS) is 10.3. The number of ether oxygens (including phenoxy) is 1. The van der Waals surface area contributed by atoms with E-state index in [2.05, 4.69) is 9.97 Å². The van der Waals surface area contributed by atoms with Crippen LogP contribution in [0.4, 0.5) is 10.1 Å². The SMILES string of the molecule is O=[N+]([O-])c1cc(F)ccc1Oc1ncnc(Cl)c1CCl. The molecule has 1 aromatic carbocycles. The molecule has 0 atom stereocenters. The summed E-state index contributed by atoms with van der Waals surface area (Å²) in [5.41, 5.74) is -0.241. The lowest BCUT2D eigenvalue weighted by molar-refractivity contribution is -0.385. The van der Waals surface area contributed by atoms with Crippen molar-refractivity contribution in [2.45, 2.75) is 5.88 Å². The maximum Gasteiger partial charge on any atom is 0.314 e. The molecule has 0 radical (unpaired) electrons. The van der Waals surface area contributed by atoms with Crippen LogP contribution in [0.1, 0.15) is 5.56 Å². The second kappa shape index (κ2) is 5.98. The van der Waals surface area contributed by atoms with Crippen molar-refractivity contribution in [3.63, 3.8) is 0 Å². The van der Waals surface area contributed by atoms with Gasteiger partial charge in [-0.2, -0.15) is 0 Å². The van der Waals surface area contributed by atoms with E-state index in [4.69, 9.17) is 27.9 Å². The van der Waals surface area contributed by atoms with Gasteiger partial charge < -0.3 is 4.74 Å². The first-order chi connectivity index (χ1) is 9.52. The molecule has 0 unspecified atom stereocenters. The van der Waals surface area contributed by atoms with Gasteiger partial charge in [0.25, 0.3) is 0 Å². The van der Waals surface area contributed by atoms with E-state index in [9.17, 15) is 14.5 Å². The lowest BCUT2D eigenvalue weighted by Gasteiger charge is -2.09. The molecule has 0 aliphatic rings. The van der Waals surface area contributed by atoms with Crippen LogP contribution in [0.15, 0.2) is 24.5 Å². The number of nitro benzene ring substituents is 1. The Morgan fingerprint density at radius 3 is 2.80 bits per heavy atom. The Bertz CT molecular complexity index is 669. The molecule has 1 heterocycles. The second-order valence-electron chi connectivity index (χ2n) is 3.55. The van der Waals surface area contributed by atoms with E-state index in [1.54, 1.807) is 0 Å². The van der Waals surface area contributed by atoms with E-state index < -0.39 is 16.4 Å². The molecule has 2 aromatic rings. The Balaban J connectivity index is 2.45. The maximum absolute atomic E-state index is 13.0. The summed E-state index contributed by atoms with van der Waals surface area (Å²) in [4.78, 5) is 17.6. The zero-order chi connectivity index (χ0) is 14.7. The van der Waals surface area contributed by atoms with Crippen LogP contribution in [-0.4, -0.2) is 14.9 Å². The van der Waals surface area contributed by atoms with E-state index in [0.29, 0.717) is 0 Å². The van der Waals surface area contributed by atoms with Gasteiger partial charge in [-0.25, -0.2) is 14.4 Å². The number of hydrogen-bond acceptors (Lipinski definition) is 5. The summed E-state index contributed by atoms with van der Waals surface area (Å²) in [5.74, 6) is -0.973. The minimum Gasteiger partial charge on any atom is -0.431 e. The summed E-state index contributed by atoms with van der Waals surface area (Å²) < 4.78 is 18.3. The predicted molar refractivity (Wildman–Crippen MR) is 69.7 cm³/mol. The number of halogens is 3. The molecule has 0 fully saturated rings. The molecular weight excluding hydrogens is 312 g/mol. The Morgan fingerprint density at radius 2 is 2.15 bits per heavy atom. The molecule has 0 N–H and O–H groups in total. The number of rotatable bonds is 4. The molecule has 104 valence electrons. The molecule has 9 heteroatoms. The quantitative estimate of drug-likeness (QED) is 0.372. The van der Waals surface area contributed by atoms with E-state index in [1.807, 2.05) is 0 Å². The number of nitro groups is 1. The minimum absolute atomic E-state index is 0.0188. The Hall–Kier alpha value is -1.99. The van der Waals surface area contributed by atoms with Crippen LogP contribution in [0, 0.1) is 15.9 Å². The third kappa shape index (κ3) is 2.94. The maximum atomic E-state index is 13.0. The van der Waals surface area contributed by atoms with Crippen molar-refractivity contribution in [3.8, 4) is 11.6 Å². The van der Waals surface area contributed by atoms with E-state index in [1.165, 1.54) is 0 Å². The minimum atomic E-state index is -0.762.